The quantitative estimate of drug-likeness (QED) is 0.367. The van der Waals surface area contributed by atoms with E-state index < -0.39 is 18.8 Å². The van der Waals surface area contributed by atoms with Crippen LogP contribution in [-0.4, -0.2) is 18.9 Å². The van der Waals surface area contributed by atoms with Gasteiger partial charge in [0.1, 0.15) is 0 Å². The molecule has 0 radical (unpaired) electrons. The Morgan fingerprint density at radius 1 is 0.886 bits per heavy atom. The van der Waals surface area contributed by atoms with Crippen LogP contribution >= 0.6 is 7.60 Å². The minimum atomic E-state index is -5.68. The van der Waals surface area contributed by atoms with E-state index in [0.717, 1.165) is 17.7 Å². The Labute approximate surface area is 199 Å². The average molecular weight is 495 g/mol. The second-order valence-corrected chi connectivity index (χ2v) is 9.62. The van der Waals surface area contributed by atoms with E-state index in [2.05, 4.69) is 0 Å². The standard InChI is InChI=1S/C25H20F2N3O4P/c26-25(27,35(32,33)34)22-12-8-20(9-13-22)16-30-23(21-10-6-18(14-28)7-11-21)17-29(24(30)31)15-19-4-2-1-3-5-19/h1-13,17H,15-16H2,(H2,32,33,34). The van der Waals surface area contributed by atoms with E-state index in [4.69, 9.17) is 15.0 Å². The van der Waals surface area contributed by atoms with E-state index in [0.29, 0.717) is 28.9 Å². The van der Waals surface area contributed by atoms with E-state index in [-0.39, 0.29) is 12.2 Å². The SMILES string of the molecule is N#Cc1ccc(-c2cn(Cc3ccccc3)c(=O)n2Cc2ccc(C(F)(F)P(=O)(O)O)cc2)cc1. The molecule has 3 aromatic carbocycles. The minimum absolute atomic E-state index is 0.0394. The lowest BCUT2D eigenvalue weighted by Gasteiger charge is -2.18. The van der Waals surface area contributed by atoms with Crippen LogP contribution in [0, 0.1) is 11.3 Å². The maximum absolute atomic E-state index is 14.0. The van der Waals surface area contributed by atoms with Crippen LogP contribution in [0.2, 0.25) is 0 Å². The van der Waals surface area contributed by atoms with Crippen molar-refractivity contribution in [3.05, 3.63) is 118 Å². The molecule has 7 nitrogen and oxygen atoms in total. The highest BCUT2D eigenvalue weighted by atomic mass is 31.2. The van der Waals surface area contributed by atoms with Crippen molar-refractivity contribution in [2.45, 2.75) is 18.8 Å². The average Bonchev–Trinajstić information content (AvgIpc) is 3.14. The van der Waals surface area contributed by atoms with Crippen LogP contribution in [0.1, 0.15) is 22.3 Å². The summed E-state index contributed by atoms with van der Waals surface area (Å²) in [6, 6.07) is 22.7. The summed E-state index contributed by atoms with van der Waals surface area (Å²) in [4.78, 5) is 31.2. The van der Waals surface area contributed by atoms with Crippen molar-refractivity contribution in [3.8, 4) is 17.3 Å². The number of alkyl halides is 2. The predicted molar refractivity (Wildman–Crippen MR) is 126 cm³/mol. The monoisotopic (exact) mass is 495 g/mol. The smallest absolute Gasteiger partial charge is 0.320 e. The first-order valence-corrected chi connectivity index (χ1v) is 12.1. The summed E-state index contributed by atoms with van der Waals surface area (Å²) in [7, 11) is -5.68. The summed E-state index contributed by atoms with van der Waals surface area (Å²) >= 11 is 0. The van der Waals surface area contributed by atoms with E-state index in [9.17, 15) is 18.1 Å². The van der Waals surface area contributed by atoms with Gasteiger partial charge in [-0.3, -0.25) is 13.7 Å². The number of aromatic nitrogens is 2. The summed E-state index contributed by atoms with van der Waals surface area (Å²) in [5.74, 6) is 0. The van der Waals surface area contributed by atoms with Crippen molar-refractivity contribution in [3.63, 3.8) is 0 Å². The van der Waals surface area contributed by atoms with Gasteiger partial charge in [-0.2, -0.15) is 14.0 Å². The third-order valence-corrected chi connectivity index (χ3v) is 6.55. The molecule has 10 heteroatoms. The second kappa shape index (κ2) is 9.43. The fourth-order valence-electron chi connectivity index (χ4n) is 3.68. The summed E-state index contributed by atoms with van der Waals surface area (Å²) in [6.07, 6.45) is 1.70. The third kappa shape index (κ3) is 5.00. The molecule has 4 rings (SSSR count). The maximum atomic E-state index is 14.0. The van der Waals surface area contributed by atoms with E-state index in [1.165, 1.54) is 16.7 Å². The summed E-state index contributed by atoms with van der Waals surface area (Å²) in [5, 5.41) is 9.08. The Kier molecular flexibility index (Phi) is 6.55. The van der Waals surface area contributed by atoms with Gasteiger partial charge in [0.25, 0.3) is 0 Å². The first kappa shape index (κ1) is 24.3. The summed E-state index contributed by atoms with van der Waals surface area (Å²) < 4.78 is 42.2. The molecular weight excluding hydrogens is 475 g/mol. The van der Waals surface area contributed by atoms with Crippen LogP contribution in [0.5, 0.6) is 0 Å². The minimum Gasteiger partial charge on any atom is -0.320 e. The van der Waals surface area contributed by atoms with Gasteiger partial charge in [0.05, 0.1) is 30.4 Å². The van der Waals surface area contributed by atoms with Crippen molar-refractivity contribution in [2.75, 3.05) is 0 Å². The molecule has 0 bridgehead atoms. The molecule has 0 unspecified atom stereocenters. The van der Waals surface area contributed by atoms with E-state index in [1.807, 2.05) is 36.4 Å². The highest BCUT2D eigenvalue weighted by molar-refractivity contribution is 7.52. The Hall–Kier alpha value is -3.83. The summed E-state index contributed by atoms with van der Waals surface area (Å²) in [5.41, 5.74) is -2.30. The molecular formula is C25H20F2N3O4P. The Bertz CT molecular complexity index is 1480. The lowest BCUT2D eigenvalue weighted by atomic mass is 10.1. The first-order valence-electron chi connectivity index (χ1n) is 10.5. The molecule has 0 aliphatic carbocycles. The Morgan fingerprint density at radius 2 is 1.49 bits per heavy atom. The number of nitrogens with zero attached hydrogens (tertiary/aromatic N) is 3. The van der Waals surface area contributed by atoms with Crippen molar-refractivity contribution >= 4 is 7.60 Å². The largest absolute Gasteiger partial charge is 0.399 e. The molecule has 1 heterocycles. The van der Waals surface area contributed by atoms with E-state index >= 15 is 0 Å². The van der Waals surface area contributed by atoms with Gasteiger partial charge in [-0.1, -0.05) is 66.7 Å². The number of rotatable bonds is 7. The van der Waals surface area contributed by atoms with Crippen LogP contribution in [0.3, 0.4) is 0 Å². The predicted octanol–water partition coefficient (Wildman–Crippen LogP) is 4.51. The molecule has 0 aliphatic heterocycles. The molecule has 0 saturated carbocycles. The zero-order chi connectivity index (χ0) is 25.2. The van der Waals surface area contributed by atoms with Crippen LogP contribution in [0.25, 0.3) is 11.3 Å². The molecule has 0 spiro atoms. The molecule has 0 fully saturated rings. The molecule has 0 amide bonds. The molecule has 0 saturated heterocycles. The number of hydrogen-bond acceptors (Lipinski definition) is 3. The number of halogens is 2. The molecule has 178 valence electrons. The topological polar surface area (TPSA) is 108 Å². The van der Waals surface area contributed by atoms with E-state index in [1.54, 1.807) is 35.0 Å². The van der Waals surface area contributed by atoms with Gasteiger partial charge in [0, 0.05) is 11.8 Å². The lowest BCUT2D eigenvalue weighted by Crippen LogP contribution is -2.25. The molecule has 1 aromatic heterocycles. The van der Waals surface area contributed by atoms with Crippen LogP contribution in [-0.2, 0) is 23.3 Å². The number of imidazole rings is 1. The van der Waals surface area contributed by atoms with Gasteiger partial charge in [0.2, 0.25) is 0 Å². The lowest BCUT2D eigenvalue weighted by molar-refractivity contribution is 0.0564. The van der Waals surface area contributed by atoms with Crippen molar-refractivity contribution in [1.29, 1.82) is 5.26 Å². The van der Waals surface area contributed by atoms with Crippen LogP contribution < -0.4 is 5.69 Å². The third-order valence-electron chi connectivity index (χ3n) is 5.56. The van der Waals surface area contributed by atoms with Gasteiger partial charge < -0.3 is 9.79 Å². The maximum Gasteiger partial charge on any atom is 0.399 e. The fraction of sp³-hybridized carbons (Fsp3) is 0.120. The number of benzene rings is 3. The van der Waals surface area contributed by atoms with Gasteiger partial charge in [0.15, 0.2) is 0 Å². The number of hydrogen-bond donors (Lipinski definition) is 2. The molecule has 4 aromatic rings. The van der Waals surface area contributed by atoms with Crippen molar-refractivity contribution < 1.29 is 23.1 Å². The van der Waals surface area contributed by atoms with Crippen LogP contribution in [0.15, 0.2) is 89.9 Å². The zero-order valence-electron chi connectivity index (χ0n) is 18.3. The summed E-state index contributed by atoms with van der Waals surface area (Å²) in [6.45, 7) is 0.362. The highest BCUT2D eigenvalue weighted by Gasteiger charge is 2.50. The van der Waals surface area contributed by atoms with Crippen molar-refractivity contribution in [1.82, 2.24) is 9.13 Å². The van der Waals surface area contributed by atoms with Gasteiger partial charge in [-0.25, -0.2) is 4.79 Å². The first-order chi connectivity index (χ1) is 16.6. The fourth-order valence-corrected chi connectivity index (χ4v) is 4.17. The zero-order valence-corrected chi connectivity index (χ0v) is 19.1. The second-order valence-electron chi connectivity index (χ2n) is 7.97. The normalized spacial score (nSPS) is 11.9. The highest BCUT2D eigenvalue weighted by Crippen LogP contribution is 2.59. The molecule has 2 N–H and O–H groups in total. The van der Waals surface area contributed by atoms with Crippen LogP contribution in [0.4, 0.5) is 8.78 Å². The molecule has 0 atom stereocenters. The molecule has 0 aliphatic rings. The molecule has 35 heavy (non-hydrogen) atoms. The van der Waals surface area contributed by atoms with Gasteiger partial charge in [-0.15, -0.1) is 0 Å². The van der Waals surface area contributed by atoms with Gasteiger partial charge in [-0.05, 0) is 28.8 Å². The number of nitriles is 1. The Morgan fingerprint density at radius 3 is 2.06 bits per heavy atom. The van der Waals surface area contributed by atoms with Gasteiger partial charge >= 0.3 is 18.9 Å². The van der Waals surface area contributed by atoms with Crippen molar-refractivity contribution in [2.24, 2.45) is 0 Å². The Balaban J connectivity index is 1.73.